The second kappa shape index (κ2) is 9.87. The Bertz CT molecular complexity index is 801. The van der Waals surface area contributed by atoms with Crippen LogP contribution >= 0.6 is 0 Å². The molecule has 0 aromatic heterocycles. The van der Waals surface area contributed by atoms with E-state index < -0.39 is 6.36 Å². The molecule has 3 rings (SSSR count). The molecule has 1 fully saturated rings. The normalized spacial score (nSPS) is 20.3. The number of benzene rings is 2. The minimum absolute atomic E-state index is 0.114. The second-order valence-corrected chi connectivity index (χ2v) is 7.75. The summed E-state index contributed by atoms with van der Waals surface area (Å²) in [6.45, 7) is 2.22. The first-order valence-electron chi connectivity index (χ1n) is 10.3. The molecule has 0 radical (unpaired) electrons. The van der Waals surface area contributed by atoms with E-state index in [-0.39, 0.29) is 17.8 Å². The van der Waals surface area contributed by atoms with Crippen LogP contribution < -0.4 is 15.4 Å². The van der Waals surface area contributed by atoms with E-state index in [1.807, 2.05) is 30.3 Å². The molecule has 30 heavy (non-hydrogen) atoms. The topological polar surface area (TPSA) is 50.4 Å². The van der Waals surface area contributed by atoms with Crippen molar-refractivity contribution < 1.29 is 22.7 Å². The molecule has 0 bridgehead atoms. The van der Waals surface area contributed by atoms with Crippen LogP contribution in [0.1, 0.15) is 50.6 Å². The summed E-state index contributed by atoms with van der Waals surface area (Å²) >= 11 is 0. The van der Waals surface area contributed by atoms with Gasteiger partial charge in [0.05, 0.1) is 6.04 Å². The highest BCUT2D eigenvalue weighted by Crippen LogP contribution is 2.38. The lowest BCUT2D eigenvalue weighted by molar-refractivity contribution is -0.274. The van der Waals surface area contributed by atoms with Crippen LogP contribution in [0.4, 0.5) is 23.7 Å². The molecule has 162 valence electrons. The molecule has 2 N–H and O–H groups in total. The third-order valence-corrected chi connectivity index (χ3v) is 5.73. The summed E-state index contributed by atoms with van der Waals surface area (Å²) in [4.78, 5) is 12.6. The highest BCUT2D eigenvalue weighted by molar-refractivity contribution is 5.89. The van der Waals surface area contributed by atoms with E-state index in [0.29, 0.717) is 11.6 Å². The lowest BCUT2D eigenvalue weighted by Crippen LogP contribution is -2.37. The van der Waals surface area contributed by atoms with Crippen LogP contribution in [0.3, 0.4) is 0 Å². The Labute approximate surface area is 174 Å². The van der Waals surface area contributed by atoms with E-state index in [0.717, 1.165) is 37.2 Å². The van der Waals surface area contributed by atoms with Gasteiger partial charge in [-0.05, 0) is 54.5 Å². The fourth-order valence-corrected chi connectivity index (χ4v) is 4.11. The monoisotopic (exact) mass is 420 g/mol. The second-order valence-electron chi connectivity index (χ2n) is 7.75. The van der Waals surface area contributed by atoms with Gasteiger partial charge in [0.25, 0.3) is 0 Å². The molecule has 0 aliphatic heterocycles. The van der Waals surface area contributed by atoms with Gasteiger partial charge >= 0.3 is 12.4 Å². The molecular formula is C23H27F3N2O2. The number of alkyl halides is 3. The fourth-order valence-electron chi connectivity index (χ4n) is 4.11. The zero-order chi connectivity index (χ0) is 21.6. The maximum atomic E-state index is 12.6. The number of nitrogens with one attached hydrogen (secondary N) is 2. The van der Waals surface area contributed by atoms with Gasteiger partial charge in [-0.1, -0.05) is 56.5 Å². The maximum Gasteiger partial charge on any atom is 0.573 e. The average molecular weight is 420 g/mol. The lowest BCUT2D eigenvalue weighted by atomic mass is 9.76. The Morgan fingerprint density at radius 2 is 1.67 bits per heavy atom. The number of carbonyl (C=O) groups is 1. The highest BCUT2D eigenvalue weighted by atomic mass is 19.4. The van der Waals surface area contributed by atoms with E-state index in [4.69, 9.17) is 0 Å². The molecule has 1 atom stereocenters. The summed E-state index contributed by atoms with van der Waals surface area (Å²) in [6.07, 6.45) is 0.878. The van der Waals surface area contributed by atoms with Gasteiger partial charge in [0.15, 0.2) is 0 Å². The zero-order valence-electron chi connectivity index (χ0n) is 16.9. The Hall–Kier alpha value is -2.70. The molecule has 0 heterocycles. The van der Waals surface area contributed by atoms with Crippen LogP contribution in [0, 0.1) is 11.8 Å². The SMILES string of the molecule is CCC1CCC(C(NC(=O)Nc2ccc(OC(F)(F)F)cc2)c2ccccc2)CC1. The van der Waals surface area contributed by atoms with Crippen molar-refractivity contribution in [3.63, 3.8) is 0 Å². The smallest absolute Gasteiger partial charge is 0.406 e. The van der Waals surface area contributed by atoms with E-state index in [1.54, 1.807) is 0 Å². The van der Waals surface area contributed by atoms with Crippen molar-refractivity contribution in [1.29, 1.82) is 0 Å². The summed E-state index contributed by atoms with van der Waals surface area (Å²) < 4.78 is 40.7. The Morgan fingerprint density at radius 3 is 2.23 bits per heavy atom. The summed E-state index contributed by atoms with van der Waals surface area (Å²) in [5, 5.41) is 5.78. The number of urea groups is 1. The van der Waals surface area contributed by atoms with E-state index in [1.165, 1.54) is 30.7 Å². The van der Waals surface area contributed by atoms with Crippen molar-refractivity contribution in [3.8, 4) is 5.75 Å². The van der Waals surface area contributed by atoms with Crippen molar-refractivity contribution in [2.75, 3.05) is 5.32 Å². The van der Waals surface area contributed by atoms with Crippen molar-refractivity contribution >= 4 is 11.7 Å². The Kier molecular flexibility index (Phi) is 7.24. The van der Waals surface area contributed by atoms with Gasteiger partial charge in [-0.25, -0.2) is 4.79 Å². The third-order valence-electron chi connectivity index (χ3n) is 5.73. The quantitative estimate of drug-likeness (QED) is 0.549. The first kappa shape index (κ1) is 22.0. The van der Waals surface area contributed by atoms with E-state index in [2.05, 4.69) is 22.3 Å². The van der Waals surface area contributed by atoms with Crippen LogP contribution in [0.2, 0.25) is 0 Å². The zero-order valence-corrected chi connectivity index (χ0v) is 16.9. The largest absolute Gasteiger partial charge is 0.573 e. The number of rotatable bonds is 6. The van der Waals surface area contributed by atoms with Crippen LogP contribution in [0.25, 0.3) is 0 Å². The van der Waals surface area contributed by atoms with Crippen molar-refractivity contribution in [3.05, 3.63) is 60.2 Å². The van der Waals surface area contributed by atoms with Crippen molar-refractivity contribution in [2.24, 2.45) is 11.8 Å². The molecule has 2 aromatic rings. The molecule has 1 unspecified atom stereocenters. The molecular weight excluding hydrogens is 393 g/mol. The summed E-state index contributed by atoms with van der Waals surface area (Å²) in [5.74, 6) is 0.774. The van der Waals surface area contributed by atoms with Crippen LogP contribution in [0.5, 0.6) is 5.75 Å². The predicted octanol–water partition coefficient (Wildman–Crippen LogP) is 6.66. The third kappa shape index (κ3) is 6.40. The van der Waals surface area contributed by atoms with Crippen LogP contribution in [-0.4, -0.2) is 12.4 Å². The van der Waals surface area contributed by atoms with Gasteiger partial charge in [0.2, 0.25) is 0 Å². The number of amides is 2. The van der Waals surface area contributed by atoms with Crippen molar-refractivity contribution in [2.45, 2.75) is 51.4 Å². The minimum Gasteiger partial charge on any atom is -0.406 e. The molecule has 1 aliphatic carbocycles. The summed E-state index contributed by atoms with van der Waals surface area (Å²) in [5.41, 5.74) is 1.45. The van der Waals surface area contributed by atoms with Gasteiger partial charge in [0, 0.05) is 5.69 Å². The number of halogens is 3. The average Bonchev–Trinajstić information content (AvgIpc) is 2.73. The van der Waals surface area contributed by atoms with E-state index in [9.17, 15) is 18.0 Å². The molecule has 0 saturated heterocycles. The number of anilines is 1. The van der Waals surface area contributed by atoms with Gasteiger partial charge in [-0.2, -0.15) is 0 Å². The van der Waals surface area contributed by atoms with Gasteiger partial charge in [-0.15, -0.1) is 13.2 Å². The number of carbonyl (C=O) groups excluding carboxylic acids is 1. The molecule has 4 nitrogen and oxygen atoms in total. The Balaban J connectivity index is 1.65. The standard InChI is InChI=1S/C23H27F3N2O2/c1-2-16-8-10-18(11-9-16)21(17-6-4-3-5-7-17)28-22(29)27-19-12-14-20(15-13-19)30-23(24,25)26/h3-7,12-16,18,21H,2,8-11H2,1H3,(H2,27,28,29). The van der Waals surface area contributed by atoms with E-state index >= 15 is 0 Å². The lowest BCUT2D eigenvalue weighted by Gasteiger charge is -2.34. The Morgan fingerprint density at radius 1 is 1.03 bits per heavy atom. The highest BCUT2D eigenvalue weighted by Gasteiger charge is 2.31. The number of hydrogen-bond donors (Lipinski definition) is 2. The molecule has 0 spiro atoms. The minimum atomic E-state index is -4.74. The molecule has 2 amide bonds. The first-order valence-corrected chi connectivity index (χ1v) is 10.3. The first-order chi connectivity index (χ1) is 14.3. The van der Waals surface area contributed by atoms with Crippen LogP contribution in [0.15, 0.2) is 54.6 Å². The molecule has 1 saturated carbocycles. The number of hydrogen-bond acceptors (Lipinski definition) is 2. The van der Waals surface area contributed by atoms with Crippen LogP contribution in [-0.2, 0) is 0 Å². The fraction of sp³-hybridized carbons (Fsp3) is 0.435. The van der Waals surface area contributed by atoms with Gasteiger partial charge in [0.1, 0.15) is 5.75 Å². The maximum absolute atomic E-state index is 12.6. The summed E-state index contributed by atoms with van der Waals surface area (Å²) in [7, 11) is 0. The van der Waals surface area contributed by atoms with Crippen molar-refractivity contribution in [1.82, 2.24) is 5.32 Å². The van der Waals surface area contributed by atoms with Gasteiger partial charge < -0.3 is 15.4 Å². The predicted molar refractivity (Wildman–Crippen MR) is 110 cm³/mol. The van der Waals surface area contributed by atoms with Gasteiger partial charge in [-0.3, -0.25) is 0 Å². The summed E-state index contributed by atoms with van der Waals surface area (Å²) in [6, 6.07) is 14.5. The number of ether oxygens (including phenoxy) is 1. The molecule has 2 aromatic carbocycles. The molecule has 1 aliphatic rings. The molecule has 7 heteroatoms.